The topological polar surface area (TPSA) is 12.0 Å². The Hall–Kier alpha value is -0.840. The molecule has 0 amide bonds. The Morgan fingerprint density at radius 2 is 2.05 bits per heavy atom. The number of rotatable bonds is 3. The summed E-state index contributed by atoms with van der Waals surface area (Å²) in [5.74, 6) is 1.11. The van der Waals surface area contributed by atoms with Crippen molar-refractivity contribution in [3.63, 3.8) is 0 Å². The maximum Gasteiger partial charge on any atom is 0.142 e. The summed E-state index contributed by atoms with van der Waals surface area (Å²) in [5.41, 5.74) is 2.04. The Balaban J connectivity index is 2.02. The van der Waals surface area contributed by atoms with Crippen molar-refractivity contribution < 1.29 is 4.39 Å². The summed E-state index contributed by atoms with van der Waals surface area (Å²) in [6.45, 7) is 0. The first-order valence-corrected chi connectivity index (χ1v) is 8.33. The van der Waals surface area contributed by atoms with Crippen LogP contribution < -0.4 is 5.32 Å². The summed E-state index contributed by atoms with van der Waals surface area (Å²) >= 11 is 5.13. The zero-order valence-corrected chi connectivity index (χ0v) is 13.5. The number of fused-ring (bicyclic) bond motifs is 1. The van der Waals surface area contributed by atoms with Crippen molar-refractivity contribution in [1.29, 1.82) is 0 Å². The van der Waals surface area contributed by atoms with Gasteiger partial charge in [0.25, 0.3) is 0 Å². The molecule has 2 unspecified atom stereocenters. The summed E-state index contributed by atoms with van der Waals surface area (Å²) in [4.78, 5) is 1.31. The third-order valence-electron chi connectivity index (χ3n) is 3.77. The van der Waals surface area contributed by atoms with Gasteiger partial charge in [0.2, 0.25) is 0 Å². The number of thioether (sulfide) groups is 1. The average Bonchev–Trinajstić information content (AvgIpc) is 2.88. The molecule has 4 heteroatoms. The smallest absolute Gasteiger partial charge is 0.142 e. The molecule has 1 aliphatic heterocycles. The van der Waals surface area contributed by atoms with E-state index in [-0.39, 0.29) is 11.9 Å². The average molecular weight is 352 g/mol. The van der Waals surface area contributed by atoms with Gasteiger partial charge < -0.3 is 5.32 Å². The summed E-state index contributed by atoms with van der Waals surface area (Å²) in [7, 11) is 1.90. The van der Waals surface area contributed by atoms with Crippen LogP contribution in [0.2, 0.25) is 0 Å². The molecule has 20 heavy (non-hydrogen) atoms. The van der Waals surface area contributed by atoms with Gasteiger partial charge in [-0.15, -0.1) is 11.8 Å². The van der Waals surface area contributed by atoms with Gasteiger partial charge in [-0.2, -0.15) is 0 Å². The second-order valence-electron chi connectivity index (χ2n) is 4.86. The first-order chi connectivity index (χ1) is 9.72. The van der Waals surface area contributed by atoms with Crippen molar-refractivity contribution in [3.8, 4) is 0 Å². The Bertz CT molecular complexity index is 632. The Kier molecular flexibility index (Phi) is 4.15. The van der Waals surface area contributed by atoms with E-state index in [4.69, 9.17) is 0 Å². The standard InChI is InChI=1S/C16H15BrFNS/c1-19-16(11-6-4-7-13(17)15(11)18)12-9-20-14-8-3-2-5-10(12)14/h2-8,12,16,19H,9H2,1H3. The molecule has 0 bridgehead atoms. The fourth-order valence-electron chi connectivity index (χ4n) is 2.80. The van der Waals surface area contributed by atoms with Gasteiger partial charge in [0, 0.05) is 28.2 Å². The monoisotopic (exact) mass is 351 g/mol. The molecule has 1 aliphatic rings. The Labute approximate surface area is 131 Å². The normalized spacial score (nSPS) is 18.9. The number of halogens is 2. The molecule has 1 nitrogen and oxygen atoms in total. The molecule has 0 aromatic heterocycles. The van der Waals surface area contributed by atoms with Crippen molar-refractivity contribution in [2.24, 2.45) is 0 Å². The first-order valence-electron chi connectivity index (χ1n) is 6.55. The van der Waals surface area contributed by atoms with Crippen LogP contribution >= 0.6 is 27.7 Å². The van der Waals surface area contributed by atoms with Gasteiger partial charge in [0.1, 0.15) is 5.82 Å². The van der Waals surface area contributed by atoms with Crippen LogP contribution in [0.1, 0.15) is 23.1 Å². The highest BCUT2D eigenvalue weighted by Gasteiger charge is 2.32. The minimum atomic E-state index is -0.166. The van der Waals surface area contributed by atoms with Crippen LogP contribution in [0.5, 0.6) is 0 Å². The van der Waals surface area contributed by atoms with E-state index in [2.05, 4.69) is 45.5 Å². The van der Waals surface area contributed by atoms with Gasteiger partial charge >= 0.3 is 0 Å². The molecule has 2 aromatic rings. The molecule has 0 aliphatic carbocycles. The van der Waals surface area contributed by atoms with Crippen LogP contribution in [-0.2, 0) is 0 Å². The minimum absolute atomic E-state index is 0.0105. The fraction of sp³-hybridized carbons (Fsp3) is 0.250. The van der Waals surface area contributed by atoms with Crippen LogP contribution in [0, 0.1) is 5.82 Å². The molecule has 2 aromatic carbocycles. The lowest BCUT2D eigenvalue weighted by Crippen LogP contribution is -2.25. The Morgan fingerprint density at radius 3 is 2.85 bits per heavy atom. The second kappa shape index (κ2) is 5.88. The third-order valence-corrected chi connectivity index (χ3v) is 5.59. The summed E-state index contributed by atoms with van der Waals surface area (Å²) in [5, 5.41) is 3.30. The maximum atomic E-state index is 14.4. The summed E-state index contributed by atoms with van der Waals surface area (Å²) in [6, 6.07) is 13.9. The lowest BCUT2D eigenvalue weighted by atomic mass is 9.88. The lowest BCUT2D eigenvalue weighted by Gasteiger charge is -2.24. The van der Waals surface area contributed by atoms with E-state index in [1.54, 1.807) is 6.07 Å². The van der Waals surface area contributed by atoms with Gasteiger partial charge in [0.05, 0.1) is 4.47 Å². The van der Waals surface area contributed by atoms with Crippen molar-refractivity contribution in [2.75, 3.05) is 12.8 Å². The van der Waals surface area contributed by atoms with E-state index in [1.807, 2.05) is 30.9 Å². The maximum absolute atomic E-state index is 14.4. The highest BCUT2D eigenvalue weighted by molar-refractivity contribution is 9.10. The molecule has 2 atom stereocenters. The van der Waals surface area contributed by atoms with Crippen LogP contribution in [0.15, 0.2) is 51.8 Å². The lowest BCUT2D eigenvalue weighted by molar-refractivity contribution is 0.481. The predicted octanol–water partition coefficient (Wildman–Crippen LogP) is 4.74. The first kappa shape index (κ1) is 14.1. The number of likely N-dealkylation sites (N-methyl/N-ethyl adjacent to an activating group) is 1. The van der Waals surface area contributed by atoms with Gasteiger partial charge in [0.15, 0.2) is 0 Å². The summed E-state index contributed by atoms with van der Waals surface area (Å²) < 4.78 is 14.9. The molecular weight excluding hydrogens is 337 g/mol. The Morgan fingerprint density at radius 1 is 1.25 bits per heavy atom. The van der Waals surface area contributed by atoms with Crippen LogP contribution in [-0.4, -0.2) is 12.8 Å². The largest absolute Gasteiger partial charge is 0.312 e. The van der Waals surface area contributed by atoms with Gasteiger partial charge in [-0.25, -0.2) is 4.39 Å². The van der Waals surface area contributed by atoms with E-state index >= 15 is 0 Å². The zero-order valence-electron chi connectivity index (χ0n) is 11.1. The van der Waals surface area contributed by atoms with Gasteiger partial charge in [-0.1, -0.05) is 30.3 Å². The van der Waals surface area contributed by atoms with Crippen molar-refractivity contribution in [2.45, 2.75) is 16.9 Å². The second-order valence-corrected chi connectivity index (χ2v) is 6.78. The van der Waals surface area contributed by atoms with Crippen molar-refractivity contribution >= 4 is 27.7 Å². The quantitative estimate of drug-likeness (QED) is 0.857. The molecule has 3 rings (SSSR count). The molecule has 104 valence electrons. The van der Waals surface area contributed by atoms with Gasteiger partial charge in [-0.3, -0.25) is 0 Å². The molecule has 0 saturated heterocycles. The van der Waals surface area contributed by atoms with Gasteiger partial charge in [-0.05, 0) is 40.7 Å². The molecule has 1 N–H and O–H groups in total. The van der Waals surface area contributed by atoms with E-state index in [9.17, 15) is 4.39 Å². The van der Waals surface area contributed by atoms with E-state index in [0.717, 1.165) is 11.3 Å². The SMILES string of the molecule is CNC(c1cccc(Br)c1F)C1CSc2ccccc21. The van der Waals surface area contributed by atoms with Crippen LogP contribution in [0.25, 0.3) is 0 Å². The third kappa shape index (κ3) is 2.41. The molecule has 0 spiro atoms. The number of hydrogen-bond acceptors (Lipinski definition) is 2. The van der Waals surface area contributed by atoms with Crippen LogP contribution in [0.4, 0.5) is 4.39 Å². The molecule has 0 radical (unpaired) electrons. The number of nitrogens with one attached hydrogen (secondary N) is 1. The number of benzene rings is 2. The summed E-state index contributed by atoms with van der Waals surface area (Å²) in [6.07, 6.45) is 0. The fourth-order valence-corrected chi connectivity index (χ4v) is 4.47. The highest BCUT2D eigenvalue weighted by atomic mass is 79.9. The highest BCUT2D eigenvalue weighted by Crippen LogP contribution is 2.46. The zero-order chi connectivity index (χ0) is 14.1. The molecular formula is C16H15BrFNS. The molecule has 1 heterocycles. The van der Waals surface area contributed by atoms with Crippen molar-refractivity contribution in [1.82, 2.24) is 5.32 Å². The van der Waals surface area contributed by atoms with E-state index in [1.165, 1.54) is 10.5 Å². The van der Waals surface area contributed by atoms with E-state index < -0.39 is 0 Å². The van der Waals surface area contributed by atoms with Crippen LogP contribution in [0.3, 0.4) is 0 Å². The minimum Gasteiger partial charge on any atom is -0.312 e. The predicted molar refractivity (Wildman–Crippen MR) is 85.8 cm³/mol. The number of hydrogen-bond donors (Lipinski definition) is 1. The molecule has 0 saturated carbocycles. The van der Waals surface area contributed by atoms with E-state index in [0.29, 0.717) is 10.4 Å². The molecule has 0 fully saturated rings. The van der Waals surface area contributed by atoms with Crippen molar-refractivity contribution in [3.05, 3.63) is 63.9 Å².